The molecule has 1 aliphatic rings. The second-order valence-corrected chi connectivity index (χ2v) is 5.42. The minimum atomic E-state index is 0.0161. The summed E-state index contributed by atoms with van der Waals surface area (Å²) in [6.07, 6.45) is 3.38. The summed E-state index contributed by atoms with van der Waals surface area (Å²) in [5.41, 5.74) is 0. The molecule has 2 unspecified atom stereocenters. The SMILES string of the molecule is CCCNC(=O)C(C)N1CCC(C(C)NC)CC1. The molecule has 2 atom stereocenters. The molecule has 106 valence electrons. The summed E-state index contributed by atoms with van der Waals surface area (Å²) in [6, 6.07) is 0.596. The Morgan fingerprint density at radius 2 is 1.94 bits per heavy atom. The maximum atomic E-state index is 11.9. The number of carbonyl (C=O) groups is 1. The molecule has 0 aliphatic carbocycles. The lowest BCUT2D eigenvalue weighted by atomic mass is 9.90. The highest BCUT2D eigenvalue weighted by atomic mass is 16.2. The summed E-state index contributed by atoms with van der Waals surface area (Å²) in [7, 11) is 2.03. The molecule has 2 N–H and O–H groups in total. The number of nitrogens with zero attached hydrogens (tertiary/aromatic N) is 1. The van der Waals surface area contributed by atoms with E-state index in [1.165, 1.54) is 12.8 Å². The van der Waals surface area contributed by atoms with Crippen molar-refractivity contribution in [3.63, 3.8) is 0 Å². The minimum Gasteiger partial charge on any atom is -0.355 e. The molecule has 4 heteroatoms. The maximum absolute atomic E-state index is 11.9. The number of hydrogen-bond donors (Lipinski definition) is 2. The molecule has 1 fully saturated rings. The molecule has 0 saturated carbocycles. The number of rotatable bonds is 6. The van der Waals surface area contributed by atoms with Crippen molar-refractivity contribution in [1.29, 1.82) is 0 Å². The molecule has 1 aliphatic heterocycles. The lowest BCUT2D eigenvalue weighted by Gasteiger charge is -2.37. The van der Waals surface area contributed by atoms with Crippen LogP contribution in [0.25, 0.3) is 0 Å². The van der Waals surface area contributed by atoms with Crippen LogP contribution in [0.5, 0.6) is 0 Å². The van der Waals surface area contributed by atoms with Crippen LogP contribution in [0.15, 0.2) is 0 Å². The van der Waals surface area contributed by atoms with Gasteiger partial charge in [-0.25, -0.2) is 0 Å². The Morgan fingerprint density at radius 1 is 1.33 bits per heavy atom. The Hall–Kier alpha value is -0.610. The van der Waals surface area contributed by atoms with Gasteiger partial charge >= 0.3 is 0 Å². The maximum Gasteiger partial charge on any atom is 0.237 e. The van der Waals surface area contributed by atoms with Gasteiger partial charge in [-0.1, -0.05) is 6.92 Å². The highest BCUT2D eigenvalue weighted by Gasteiger charge is 2.28. The third-order valence-electron chi connectivity index (χ3n) is 4.21. The fourth-order valence-electron chi connectivity index (χ4n) is 2.60. The third kappa shape index (κ3) is 4.25. The highest BCUT2D eigenvalue weighted by molar-refractivity contribution is 5.81. The molecular weight excluding hydrogens is 226 g/mol. The Bertz CT molecular complexity index is 249. The zero-order valence-electron chi connectivity index (χ0n) is 12.3. The van der Waals surface area contributed by atoms with Crippen LogP contribution in [0.4, 0.5) is 0 Å². The van der Waals surface area contributed by atoms with E-state index >= 15 is 0 Å². The van der Waals surface area contributed by atoms with E-state index in [0.717, 1.165) is 32.0 Å². The number of likely N-dealkylation sites (tertiary alicyclic amines) is 1. The summed E-state index contributed by atoms with van der Waals surface area (Å²) in [5.74, 6) is 0.925. The van der Waals surface area contributed by atoms with E-state index in [-0.39, 0.29) is 11.9 Å². The van der Waals surface area contributed by atoms with Crippen LogP contribution >= 0.6 is 0 Å². The van der Waals surface area contributed by atoms with Crippen LogP contribution in [0.1, 0.15) is 40.0 Å². The Kier molecular flexibility index (Phi) is 6.65. The molecule has 1 saturated heterocycles. The first-order valence-corrected chi connectivity index (χ1v) is 7.29. The average Bonchev–Trinajstić information content (AvgIpc) is 2.43. The molecule has 1 heterocycles. The number of carbonyl (C=O) groups excluding carboxylic acids is 1. The van der Waals surface area contributed by atoms with Gasteiger partial charge in [-0.2, -0.15) is 0 Å². The predicted molar refractivity (Wildman–Crippen MR) is 75.6 cm³/mol. The predicted octanol–water partition coefficient (Wildman–Crippen LogP) is 1.22. The quantitative estimate of drug-likeness (QED) is 0.750. The van der Waals surface area contributed by atoms with Crippen LogP contribution in [0.2, 0.25) is 0 Å². The average molecular weight is 255 g/mol. The lowest BCUT2D eigenvalue weighted by Crippen LogP contribution is -2.50. The smallest absolute Gasteiger partial charge is 0.237 e. The van der Waals surface area contributed by atoms with E-state index in [9.17, 15) is 4.79 Å². The molecule has 0 spiro atoms. The zero-order chi connectivity index (χ0) is 13.5. The summed E-state index contributed by atoms with van der Waals surface area (Å²) >= 11 is 0. The van der Waals surface area contributed by atoms with Crippen molar-refractivity contribution in [2.75, 3.05) is 26.7 Å². The van der Waals surface area contributed by atoms with E-state index in [4.69, 9.17) is 0 Å². The van der Waals surface area contributed by atoms with E-state index in [1.54, 1.807) is 0 Å². The van der Waals surface area contributed by atoms with Crippen molar-refractivity contribution < 1.29 is 4.79 Å². The normalized spacial score (nSPS) is 21.6. The minimum absolute atomic E-state index is 0.0161. The van der Waals surface area contributed by atoms with Crippen LogP contribution in [-0.4, -0.2) is 49.6 Å². The van der Waals surface area contributed by atoms with Gasteiger partial charge in [-0.15, -0.1) is 0 Å². The molecule has 0 aromatic heterocycles. The number of hydrogen-bond acceptors (Lipinski definition) is 3. The van der Waals surface area contributed by atoms with E-state index in [2.05, 4.69) is 29.4 Å². The first-order chi connectivity index (χ1) is 8.60. The van der Waals surface area contributed by atoms with Gasteiger partial charge in [-0.3, -0.25) is 9.69 Å². The van der Waals surface area contributed by atoms with Crippen molar-refractivity contribution in [3.05, 3.63) is 0 Å². The molecule has 0 aromatic carbocycles. The van der Waals surface area contributed by atoms with Gasteiger partial charge in [0.1, 0.15) is 0 Å². The van der Waals surface area contributed by atoms with Crippen molar-refractivity contribution in [2.45, 2.75) is 52.1 Å². The van der Waals surface area contributed by atoms with Crippen molar-refractivity contribution >= 4 is 5.91 Å². The van der Waals surface area contributed by atoms with Crippen LogP contribution < -0.4 is 10.6 Å². The molecule has 1 amide bonds. The van der Waals surface area contributed by atoms with Crippen LogP contribution in [-0.2, 0) is 4.79 Å². The number of nitrogens with one attached hydrogen (secondary N) is 2. The van der Waals surface area contributed by atoms with Gasteiger partial charge in [0.15, 0.2) is 0 Å². The van der Waals surface area contributed by atoms with Gasteiger partial charge in [0.2, 0.25) is 5.91 Å². The van der Waals surface area contributed by atoms with Gasteiger partial charge < -0.3 is 10.6 Å². The molecule has 18 heavy (non-hydrogen) atoms. The zero-order valence-corrected chi connectivity index (χ0v) is 12.3. The van der Waals surface area contributed by atoms with Crippen molar-refractivity contribution in [2.24, 2.45) is 5.92 Å². The lowest BCUT2D eigenvalue weighted by molar-refractivity contribution is -0.126. The largest absolute Gasteiger partial charge is 0.355 e. The molecule has 0 radical (unpaired) electrons. The Morgan fingerprint density at radius 3 is 2.44 bits per heavy atom. The second-order valence-electron chi connectivity index (χ2n) is 5.42. The van der Waals surface area contributed by atoms with Gasteiger partial charge in [-0.05, 0) is 59.2 Å². The summed E-state index contributed by atoms with van der Waals surface area (Å²) in [6.45, 7) is 9.21. The van der Waals surface area contributed by atoms with Crippen molar-refractivity contribution in [1.82, 2.24) is 15.5 Å². The van der Waals surface area contributed by atoms with Crippen LogP contribution in [0.3, 0.4) is 0 Å². The summed E-state index contributed by atoms with van der Waals surface area (Å²) < 4.78 is 0. The molecule has 4 nitrogen and oxygen atoms in total. The fraction of sp³-hybridized carbons (Fsp3) is 0.929. The fourth-order valence-corrected chi connectivity index (χ4v) is 2.60. The second kappa shape index (κ2) is 7.74. The molecule has 0 aromatic rings. The highest BCUT2D eigenvalue weighted by Crippen LogP contribution is 2.21. The van der Waals surface area contributed by atoms with E-state index in [1.807, 2.05) is 14.0 Å². The Labute approximate surface area is 111 Å². The van der Waals surface area contributed by atoms with E-state index in [0.29, 0.717) is 6.04 Å². The monoisotopic (exact) mass is 255 g/mol. The molecule has 0 bridgehead atoms. The van der Waals surface area contributed by atoms with Crippen molar-refractivity contribution in [3.8, 4) is 0 Å². The summed E-state index contributed by atoms with van der Waals surface area (Å²) in [4.78, 5) is 14.2. The first-order valence-electron chi connectivity index (χ1n) is 7.29. The third-order valence-corrected chi connectivity index (χ3v) is 4.21. The van der Waals surface area contributed by atoms with Gasteiger partial charge in [0, 0.05) is 12.6 Å². The Balaban J connectivity index is 2.35. The summed E-state index contributed by atoms with van der Waals surface area (Å²) in [5, 5.41) is 6.31. The van der Waals surface area contributed by atoms with Gasteiger partial charge in [0.25, 0.3) is 0 Å². The van der Waals surface area contributed by atoms with E-state index < -0.39 is 0 Å². The molecular formula is C14H29N3O. The topological polar surface area (TPSA) is 44.4 Å². The van der Waals surface area contributed by atoms with Crippen LogP contribution in [0, 0.1) is 5.92 Å². The van der Waals surface area contributed by atoms with Gasteiger partial charge in [0.05, 0.1) is 6.04 Å². The number of piperidine rings is 1. The first kappa shape index (κ1) is 15.4. The number of amides is 1. The standard InChI is InChI=1S/C14H29N3O/c1-5-8-16-14(18)12(3)17-9-6-13(7-10-17)11(2)15-4/h11-13,15H,5-10H2,1-4H3,(H,16,18). The molecule has 1 rings (SSSR count).